The summed E-state index contributed by atoms with van der Waals surface area (Å²) in [4.78, 5) is 16.0. The Balaban J connectivity index is 2.51. The third kappa shape index (κ3) is 4.26. The van der Waals surface area contributed by atoms with Gasteiger partial charge in [-0.25, -0.2) is 0 Å². The van der Waals surface area contributed by atoms with Gasteiger partial charge in [-0.1, -0.05) is 13.8 Å². The van der Waals surface area contributed by atoms with Crippen LogP contribution in [0, 0.1) is 5.92 Å². The molecule has 0 aromatic carbocycles. The van der Waals surface area contributed by atoms with Gasteiger partial charge in [0.15, 0.2) is 0 Å². The highest BCUT2D eigenvalue weighted by Gasteiger charge is 2.28. The quantitative estimate of drug-likeness (QED) is 0.740. The van der Waals surface area contributed by atoms with Gasteiger partial charge in [0.05, 0.1) is 18.8 Å². The number of hydrogen-bond donors (Lipinski definition) is 1. The Morgan fingerprint density at radius 1 is 1.53 bits per heavy atom. The molecule has 0 spiro atoms. The van der Waals surface area contributed by atoms with Crippen LogP contribution >= 0.6 is 0 Å². The van der Waals surface area contributed by atoms with Gasteiger partial charge in [0.25, 0.3) is 0 Å². The van der Waals surface area contributed by atoms with E-state index in [1.807, 2.05) is 32.8 Å². The van der Waals surface area contributed by atoms with Crippen molar-refractivity contribution in [2.24, 2.45) is 11.7 Å². The average Bonchev–Trinajstić information content (AvgIpc) is 2.26. The lowest BCUT2D eigenvalue weighted by Crippen LogP contribution is -2.54. The number of rotatable bonds is 4. The highest BCUT2D eigenvalue weighted by atomic mass is 16.5. The maximum Gasteiger partial charge on any atom is 0.239 e. The molecule has 5 nitrogen and oxygen atoms in total. The Labute approximate surface area is 104 Å². The van der Waals surface area contributed by atoms with Gasteiger partial charge in [-0.15, -0.1) is 0 Å². The van der Waals surface area contributed by atoms with E-state index in [0.29, 0.717) is 19.7 Å². The van der Waals surface area contributed by atoms with Crippen LogP contribution in [-0.2, 0) is 9.53 Å². The highest BCUT2D eigenvalue weighted by Crippen LogP contribution is 2.10. The Bertz CT molecular complexity index is 256. The lowest BCUT2D eigenvalue weighted by Gasteiger charge is -2.36. The Morgan fingerprint density at radius 2 is 2.18 bits per heavy atom. The number of amides is 1. The standard InChI is InChI=1S/C12H25N3O2/c1-9(2)11(13)12(16)15-5-6-17-10(8-15)7-14(3)4/h9-11H,5-8,13H2,1-4H3/t10?,11-/m0/s1. The predicted molar refractivity (Wildman–Crippen MR) is 67.7 cm³/mol. The third-order valence-electron chi connectivity index (χ3n) is 3.02. The van der Waals surface area contributed by atoms with Crippen molar-refractivity contribution in [1.29, 1.82) is 0 Å². The zero-order chi connectivity index (χ0) is 13.0. The zero-order valence-corrected chi connectivity index (χ0v) is 11.3. The third-order valence-corrected chi connectivity index (χ3v) is 3.02. The molecule has 1 aliphatic rings. The van der Waals surface area contributed by atoms with E-state index in [-0.39, 0.29) is 17.9 Å². The van der Waals surface area contributed by atoms with E-state index < -0.39 is 6.04 Å². The van der Waals surface area contributed by atoms with Crippen LogP contribution in [0.25, 0.3) is 0 Å². The van der Waals surface area contributed by atoms with Crippen molar-refractivity contribution >= 4 is 5.91 Å². The molecule has 2 atom stereocenters. The molecule has 0 aromatic heterocycles. The van der Waals surface area contributed by atoms with Gasteiger partial charge >= 0.3 is 0 Å². The number of nitrogens with zero attached hydrogens (tertiary/aromatic N) is 2. The molecule has 2 N–H and O–H groups in total. The van der Waals surface area contributed by atoms with Gasteiger partial charge in [-0.05, 0) is 20.0 Å². The summed E-state index contributed by atoms with van der Waals surface area (Å²) in [6.07, 6.45) is 0.0991. The first-order valence-corrected chi connectivity index (χ1v) is 6.22. The maximum atomic E-state index is 12.1. The fraction of sp³-hybridized carbons (Fsp3) is 0.917. The molecule has 0 aliphatic carbocycles. The number of carbonyl (C=O) groups is 1. The monoisotopic (exact) mass is 243 g/mol. The van der Waals surface area contributed by atoms with E-state index in [9.17, 15) is 4.79 Å². The van der Waals surface area contributed by atoms with Crippen molar-refractivity contribution in [3.8, 4) is 0 Å². The van der Waals surface area contributed by atoms with Crippen LogP contribution in [-0.4, -0.2) is 68.2 Å². The molecule has 0 bridgehead atoms. The van der Waals surface area contributed by atoms with Crippen LogP contribution in [0.4, 0.5) is 0 Å². The Kier molecular flexibility index (Phi) is 5.36. The molecule has 1 rings (SSSR count). The number of morpholine rings is 1. The van der Waals surface area contributed by atoms with Crippen LogP contribution in [0.1, 0.15) is 13.8 Å². The molecule has 17 heavy (non-hydrogen) atoms. The molecule has 0 aromatic rings. The molecule has 1 amide bonds. The van der Waals surface area contributed by atoms with Crippen LogP contribution in [0.15, 0.2) is 0 Å². The van der Waals surface area contributed by atoms with Gasteiger partial charge in [0.1, 0.15) is 0 Å². The largest absolute Gasteiger partial charge is 0.373 e. The number of ether oxygens (including phenoxy) is 1. The predicted octanol–water partition coefficient (Wildman–Crippen LogP) is -0.241. The van der Waals surface area contributed by atoms with Crippen LogP contribution in [0.5, 0.6) is 0 Å². The van der Waals surface area contributed by atoms with Gasteiger partial charge in [-0.2, -0.15) is 0 Å². The van der Waals surface area contributed by atoms with Crippen molar-refractivity contribution < 1.29 is 9.53 Å². The second-order valence-corrected chi connectivity index (χ2v) is 5.31. The number of nitrogens with two attached hydrogens (primary N) is 1. The van der Waals surface area contributed by atoms with Crippen LogP contribution < -0.4 is 5.73 Å². The van der Waals surface area contributed by atoms with E-state index in [1.54, 1.807) is 0 Å². The van der Waals surface area contributed by atoms with Crippen LogP contribution in [0.2, 0.25) is 0 Å². The van der Waals surface area contributed by atoms with Crippen LogP contribution in [0.3, 0.4) is 0 Å². The molecule has 5 heteroatoms. The molecule has 1 saturated heterocycles. The summed E-state index contributed by atoms with van der Waals surface area (Å²) in [6, 6.07) is -0.395. The molecule has 0 radical (unpaired) electrons. The second-order valence-electron chi connectivity index (χ2n) is 5.31. The zero-order valence-electron chi connectivity index (χ0n) is 11.3. The summed E-state index contributed by atoms with van der Waals surface area (Å²) >= 11 is 0. The summed E-state index contributed by atoms with van der Waals surface area (Å²) in [5.74, 6) is 0.227. The molecule has 0 saturated carbocycles. The minimum atomic E-state index is -0.395. The first-order chi connectivity index (χ1) is 7.91. The average molecular weight is 243 g/mol. The van der Waals surface area contributed by atoms with Gasteiger partial charge < -0.3 is 20.3 Å². The Hall–Kier alpha value is -0.650. The van der Waals surface area contributed by atoms with E-state index in [1.165, 1.54) is 0 Å². The number of hydrogen-bond acceptors (Lipinski definition) is 4. The summed E-state index contributed by atoms with van der Waals surface area (Å²) in [6.45, 7) is 6.69. The minimum Gasteiger partial charge on any atom is -0.373 e. The molecular weight excluding hydrogens is 218 g/mol. The second kappa shape index (κ2) is 6.33. The SMILES string of the molecule is CC(C)[C@H](N)C(=O)N1CCOC(CN(C)C)C1. The summed E-state index contributed by atoms with van der Waals surface area (Å²) in [5, 5.41) is 0. The maximum absolute atomic E-state index is 12.1. The smallest absolute Gasteiger partial charge is 0.239 e. The van der Waals surface area contributed by atoms with Crippen molar-refractivity contribution in [1.82, 2.24) is 9.80 Å². The van der Waals surface area contributed by atoms with E-state index >= 15 is 0 Å². The normalized spacial score (nSPS) is 23.2. The lowest BCUT2D eigenvalue weighted by atomic mass is 10.0. The highest BCUT2D eigenvalue weighted by molar-refractivity contribution is 5.82. The van der Waals surface area contributed by atoms with Crippen molar-refractivity contribution in [2.75, 3.05) is 40.3 Å². The van der Waals surface area contributed by atoms with Gasteiger partial charge in [0, 0.05) is 19.6 Å². The summed E-state index contributed by atoms with van der Waals surface area (Å²) < 4.78 is 5.63. The topological polar surface area (TPSA) is 58.8 Å². The molecule has 1 heterocycles. The molecule has 1 unspecified atom stereocenters. The minimum absolute atomic E-state index is 0.0482. The van der Waals surface area contributed by atoms with E-state index in [2.05, 4.69) is 4.90 Å². The Morgan fingerprint density at radius 3 is 2.71 bits per heavy atom. The van der Waals surface area contributed by atoms with E-state index in [4.69, 9.17) is 10.5 Å². The fourth-order valence-corrected chi connectivity index (χ4v) is 1.93. The fourth-order valence-electron chi connectivity index (χ4n) is 1.93. The number of carbonyl (C=O) groups excluding carboxylic acids is 1. The van der Waals surface area contributed by atoms with Crippen molar-refractivity contribution in [3.63, 3.8) is 0 Å². The molecule has 1 fully saturated rings. The summed E-state index contributed by atoms with van der Waals surface area (Å²) in [7, 11) is 4.01. The van der Waals surface area contributed by atoms with Gasteiger partial charge in [-0.3, -0.25) is 4.79 Å². The molecule has 1 aliphatic heterocycles. The first kappa shape index (κ1) is 14.4. The van der Waals surface area contributed by atoms with E-state index in [0.717, 1.165) is 6.54 Å². The lowest BCUT2D eigenvalue weighted by molar-refractivity contribution is -0.141. The van der Waals surface area contributed by atoms with Gasteiger partial charge in [0.2, 0.25) is 5.91 Å². The molecular formula is C12H25N3O2. The molecule has 100 valence electrons. The first-order valence-electron chi connectivity index (χ1n) is 6.22. The number of likely N-dealkylation sites (N-methyl/N-ethyl adjacent to an activating group) is 1. The van der Waals surface area contributed by atoms with Crippen molar-refractivity contribution in [2.45, 2.75) is 26.0 Å². The summed E-state index contributed by atoms with van der Waals surface area (Å²) in [5.41, 5.74) is 5.90. The van der Waals surface area contributed by atoms with Crippen molar-refractivity contribution in [3.05, 3.63) is 0 Å².